The average molecular weight is 343 g/mol. The lowest BCUT2D eigenvalue weighted by molar-refractivity contribution is 0.0953. The van der Waals surface area contributed by atoms with Gasteiger partial charge in [-0.1, -0.05) is 12.1 Å². The molecule has 0 fully saturated rings. The van der Waals surface area contributed by atoms with Crippen molar-refractivity contribution in [2.75, 3.05) is 20.8 Å². The predicted molar refractivity (Wildman–Crippen MR) is 97.8 cm³/mol. The summed E-state index contributed by atoms with van der Waals surface area (Å²) < 4.78 is 16.1. The van der Waals surface area contributed by atoms with Crippen molar-refractivity contribution in [3.8, 4) is 17.2 Å². The van der Waals surface area contributed by atoms with Gasteiger partial charge in [0, 0.05) is 12.1 Å². The molecule has 5 heteroatoms. The van der Waals surface area contributed by atoms with Gasteiger partial charge in [-0.15, -0.1) is 0 Å². The zero-order chi connectivity index (χ0) is 18.2. The fourth-order valence-electron chi connectivity index (χ4n) is 2.44. The number of hydrogen-bond donors (Lipinski definition) is 1. The van der Waals surface area contributed by atoms with Crippen molar-refractivity contribution in [2.45, 2.75) is 26.4 Å². The Morgan fingerprint density at radius 3 is 2.48 bits per heavy atom. The van der Waals surface area contributed by atoms with Crippen LogP contribution in [0.2, 0.25) is 0 Å². The summed E-state index contributed by atoms with van der Waals surface area (Å²) in [5, 5.41) is 2.93. The minimum atomic E-state index is -0.116. The molecule has 0 aliphatic heterocycles. The van der Waals surface area contributed by atoms with E-state index in [1.54, 1.807) is 26.4 Å². The van der Waals surface area contributed by atoms with Crippen molar-refractivity contribution in [1.82, 2.24) is 5.32 Å². The first-order chi connectivity index (χ1) is 12.0. The fourth-order valence-corrected chi connectivity index (χ4v) is 2.44. The van der Waals surface area contributed by atoms with E-state index in [1.807, 2.05) is 44.2 Å². The molecule has 134 valence electrons. The van der Waals surface area contributed by atoms with Crippen LogP contribution in [0.5, 0.6) is 17.2 Å². The molecule has 2 rings (SSSR count). The van der Waals surface area contributed by atoms with E-state index in [4.69, 9.17) is 14.2 Å². The molecule has 5 nitrogen and oxygen atoms in total. The summed E-state index contributed by atoms with van der Waals surface area (Å²) >= 11 is 0. The third-order valence-electron chi connectivity index (χ3n) is 3.62. The number of carbonyl (C=O) groups is 1. The number of hydrogen-bond acceptors (Lipinski definition) is 4. The molecule has 2 aromatic carbocycles. The van der Waals surface area contributed by atoms with Gasteiger partial charge in [0.2, 0.25) is 0 Å². The average Bonchev–Trinajstić information content (AvgIpc) is 2.61. The second kappa shape index (κ2) is 8.97. The van der Waals surface area contributed by atoms with Gasteiger partial charge < -0.3 is 19.5 Å². The monoisotopic (exact) mass is 343 g/mol. The summed E-state index contributed by atoms with van der Waals surface area (Å²) in [5.74, 6) is 1.96. The van der Waals surface area contributed by atoms with Gasteiger partial charge in [0.15, 0.2) is 11.5 Å². The van der Waals surface area contributed by atoms with E-state index in [9.17, 15) is 4.79 Å². The van der Waals surface area contributed by atoms with Gasteiger partial charge in [-0.25, -0.2) is 0 Å². The number of nitrogens with one attached hydrogen (secondary N) is 1. The summed E-state index contributed by atoms with van der Waals surface area (Å²) in [6, 6.07) is 12.9. The number of carbonyl (C=O) groups excluding carboxylic acids is 1. The molecule has 2 aromatic rings. The lowest BCUT2D eigenvalue weighted by Crippen LogP contribution is -2.25. The van der Waals surface area contributed by atoms with E-state index in [2.05, 4.69) is 5.32 Å². The summed E-state index contributed by atoms with van der Waals surface area (Å²) in [4.78, 5) is 12.3. The van der Waals surface area contributed by atoms with Crippen molar-refractivity contribution < 1.29 is 19.0 Å². The summed E-state index contributed by atoms with van der Waals surface area (Å²) in [6.45, 7) is 4.44. The number of amides is 1. The van der Waals surface area contributed by atoms with Gasteiger partial charge in [-0.3, -0.25) is 4.79 Å². The Kier molecular flexibility index (Phi) is 6.69. The van der Waals surface area contributed by atoms with Gasteiger partial charge in [-0.2, -0.15) is 0 Å². The number of benzene rings is 2. The Balaban J connectivity index is 1.92. The van der Waals surface area contributed by atoms with E-state index in [0.29, 0.717) is 35.8 Å². The molecule has 0 bridgehead atoms. The Bertz CT molecular complexity index is 713. The van der Waals surface area contributed by atoms with E-state index in [1.165, 1.54) is 0 Å². The Hall–Kier alpha value is -2.69. The first-order valence-electron chi connectivity index (χ1n) is 8.29. The van der Waals surface area contributed by atoms with Crippen molar-refractivity contribution in [3.63, 3.8) is 0 Å². The van der Waals surface area contributed by atoms with Crippen molar-refractivity contribution in [1.29, 1.82) is 0 Å². The van der Waals surface area contributed by atoms with Crippen LogP contribution in [0.25, 0.3) is 0 Å². The second-order valence-electron chi connectivity index (χ2n) is 5.89. The molecule has 0 aliphatic rings. The van der Waals surface area contributed by atoms with Crippen LogP contribution in [0.1, 0.15) is 29.8 Å². The first kappa shape index (κ1) is 18.6. The highest BCUT2D eigenvalue weighted by Gasteiger charge is 2.08. The van der Waals surface area contributed by atoms with Crippen molar-refractivity contribution >= 4 is 5.91 Å². The maximum Gasteiger partial charge on any atom is 0.251 e. The highest BCUT2D eigenvalue weighted by molar-refractivity contribution is 5.94. The van der Waals surface area contributed by atoms with Crippen LogP contribution in [0.4, 0.5) is 0 Å². The summed E-state index contributed by atoms with van der Waals surface area (Å²) in [6.07, 6.45) is 0.775. The zero-order valence-corrected chi connectivity index (χ0v) is 15.2. The highest BCUT2D eigenvalue weighted by atomic mass is 16.5. The van der Waals surface area contributed by atoms with Crippen LogP contribution in [0.3, 0.4) is 0 Å². The molecule has 0 atom stereocenters. The third kappa shape index (κ3) is 5.41. The van der Waals surface area contributed by atoms with Crippen molar-refractivity contribution in [2.24, 2.45) is 0 Å². The van der Waals surface area contributed by atoms with E-state index < -0.39 is 0 Å². The van der Waals surface area contributed by atoms with Crippen molar-refractivity contribution in [3.05, 3.63) is 53.6 Å². The smallest absolute Gasteiger partial charge is 0.251 e. The van der Waals surface area contributed by atoms with Crippen LogP contribution in [-0.4, -0.2) is 32.8 Å². The molecule has 0 radical (unpaired) electrons. The van der Waals surface area contributed by atoms with Crippen LogP contribution in [0, 0.1) is 0 Å². The Morgan fingerprint density at radius 2 is 1.80 bits per heavy atom. The van der Waals surface area contributed by atoms with Crippen LogP contribution in [-0.2, 0) is 6.42 Å². The zero-order valence-electron chi connectivity index (χ0n) is 15.2. The molecule has 0 saturated heterocycles. The number of rotatable bonds is 8. The molecule has 0 saturated carbocycles. The highest BCUT2D eigenvalue weighted by Crippen LogP contribution is 2.27. The van der Waals surface area contributed by atoms with Gasteiger partial charge in [0.1, 0.15) is 5.75 Å². The molecule has 0 aliphatic carbocycles. The first-order valence-corrected chi connectivity index (χ1v) is 8.29. The molecule has 0 heterocycles. The maximum atomic E-state index is 12.3. The molecule has 0 aromatic heterocycles. The largest absolute Gasteiger partial charge is 0.493 e. The molecular weight excluding hydrogens is 318 g/mol. The minimum absolute atomic E-state index is 0.0726. The van der Waals surface area contributed by atoms with Crippen LogP contribution < -0.4 is 19.5 Å². The normalized spacial score (nSPS) is 10.4. The standard InChI is InChI=1S/C20H25NO4/c1-14(2)25-17-7-5-6-16(13-17)20(22)21-11-10-15-8-9-18(23-3)19(12-15)24-4/h5-9,12-14H,10-11H2,1-4H3,(H,21,22). The molecule has 25 heavy (non-hydrogen) atoms. The maximum absolute atomic E-state index is 12.3. The molecular formula is C20H25NO4. The minimum Gasteiger partial charge on any atom is -0.493 e. The second-order valence-corrected chi connectivity index (χ2v) is 5.89. The van der Waals surface area contributed by atoms with E-state index in [-0.39, 0.29) is 12.0 Å². The van der Waals surface area contributed by atoms with Gasteiger partial charge in [0.05, 0.1) is 20.3 Å². The molecule has 0 unspecified atom stereocenters. The number of ether oxygens (including phenoxy) is 3. The van der Waals surface area contributed by atoms with E-state index in [0.717, 1.165) is 5.56 Å². The van der Waals surface area contributed by atoms with Crippen LogP contribution >= 0.6 is 0 Å². The number of methoxy groups -OCH3 is 2. The van der Waals surface area contributed by atoms with Gasteiger partial charge in [-0.05, 0) is 56.2 Å². The Labute approximate surface area is 148 Å². The molecule has 1 N–H and O–H groups in total. The van der Waals surface area contributed by atoms with Gasteiger partial charge in [0.25, 0.3) is 5.91 Å². The topological polar surface area (TPSA) is 56.8 Å². The lowest BCUT2D eigenvalue weighted by Gasteiger charge is -2.12. The summed E-state index contributed by atoms with van der Waals surface area (Å²) in [5.41, 5.74) is 1.65. The Morgan fingerprint density at radius 1 is 1.04 bits per heavy atom. The molecule has 0 spiro atoms. The van der Waals surface area contributed by atoms with Gasteiger partial charge >= 0.3 is 0 Å². The van der Waals surface area contributed by atoms with E-state index >= 15 is 0 Å². The SMILES string of the molecule is COc1ccc(CCNC(=O)c2cccc(OC(C)C)c2)cc1OC. The lowest BCUT2D eigenvalue weighted by atomic mass is 10.1. The van der Waals surface area contributed by atoms with Crippen LogP contribution in [0.15, 0.2) is 42.5 Å². The summed E-state index contributed by atoms with van der Waals surface area (Å²) in [7, 11) is 3.21. The fraction of sp³-hybridized carbons (Fsp3) is 0.350. The predicted octanol–water partition coefficient (Wildman–Crippen LogP) is 3.46. The molecule has 1 amide bonds. The quantitative estimate of drug-likeness (QED) is 0.797. The third-order valence-corrected chi connectivity index (χ3v) is 3.62.